The number of carbonyl (C=O) groups excluding carboxylic acids is 2. The number of carbonyl (C=O) groups is 2. The molecule has 0 radical (unpaired) electrons. The average Bonchev–Trinajstić information content (AvgIpc) is 2.39. The van der Waals surface area contributed by atoms with Gasteiger partial charge in [-0.3, -0.25) is 0 Å². The zero-order valence-corrected chi connectivity index (χ0v) is 14.6. The van der Waals surface area contributed by atoms with E-state index in [0.717, 1.165) is 0 Å². The van der Waals surface area contributed by atoms with Crippen LogP contribution in [0, 0.1) is 0 Å². The molecule has 23 heavy (non-hydrogen) atoms. The van der Waals surface area contributed by atoms with Crippen LogP contribution in [0.4, 0.5) is 4.79 Å². The number of nitrogens with one attached hydrogen (secondary N) is 1. The van der Waals surface area contributed by atoms with Crippen molar-refractivity contribution in [2.24, 2.45) is 0 Å². The fourth-order valence-electron chi connectivity index (χ4n) is 2.88. The molecule has 0 atom stereocenters. The second-order valence-corrected chi connectivity index (χ2v) is 7.22. The van der Waals surface area contributed by atoms with Crippen LogP contribution in [0.1, 0.15) is 47.5 Å². The summed E-state index contributed by atoms with van der Waals surface area (Å²) in [6.45, 7) is 12.9. The van der Waals surface area contributed by atoms with Crippen LogP contribution in [0.25, 0.3) is 0 Å². The molecular formula is C16H28N2O5. The third-order valence-electron chi connectivity index (χ3n) is 3.83. The van der Waals surface area contributed by atoms with Gasteiger partial charge in [-0.2, -0.15) is 5.06 Å². The van der Waals surface area contributed by atoms with Crippen LogP contribution < -0.4 is 5.32 Å². The van der Waals surface area contributed by atoms with E-state index in [-0.39, 0.29) is 19.3 Å². The molecule has 1 aliphatic heterocycles. The van der Waals surface area contributed by atoms with E-state index in [1.807, 2.05) is 27.7 Å². The summed E-state index contributed by atoms with van der Waals surface area (Å²) in [5, 5.41) is 14.1. The maximum absolute atomic E-state index is 11.8. The first kappa shape index (κ1) is 19.4. The molecule has 1 fully saturated rings. The molecule has 1 aliphatic rings. The molecule has 0 aromatic rings. The monoisotopic (exact) mass is 328 g/mol. The Bertz CT molecular complexity index is 455. The predicted molar refractivity (Wildman–Crippen MR) is 85.1 cm³/mol. The van der Waals surface area contributed by atoms with E-state index in [1.165, 1.54) is 5.06 Å². The smallest absolute Gasteiger partial charge is 0.407 e. The van der Waals surface area contributed by atoms with Crippen molar-refractivity contribution in [1.29, 1.82) is 0 Å². The number of nitrogens with zero attached hydrogens (tertiary/aromatic N) is 1. The summed E-state index contributed by atoms with van der Waals surface area (Å²) in [5.74, 6) is -0.487. The third kappa shape index (κ3) is 5.51. The zero-order chi connectivity index (χ0) is 17.8. The van der Waals surface area contributed by atoms with Crippen molar-refractivity contribution in [3.05, 3.63) is 12.2 Å². The lowest BCUT2D eigenvalue weighted by molar-refractivity contribution is -0.256. The van der Waals surface area contributed by atoms with Crippen molar-refractivity contribution in [3.8, 4) is 0 Å². The SMILES string of the molecule is C=C(C)C(=O)OCCNC(=O)OC1CC(C)(C)N(O)C(C)(C)C1. The summed E-state index contributed by atoms with van der Waals surface area (Å²) < 4.78 is 10.3. The van der Waals surface area contributed by atoms with Gasteiger partial charge in [0.1, 0.15) is 12.7 Å². The molecule has 1 heterocycles. The van der Waals surface area contributed by atoms with Gasteiger partial charge in [0.05, 0.1) is 6.54 Å². The highest BCUT2D eigenvalue weighted by atomic mass is 16.6. The first-order chi connectivity index (χ1) is 10.5. The van der Waals surface area contributed by atoms with Gasteiger partial charge in [0, 0.05) is 29.5 Å². The van der Waals surface area contributed by atoms with E-state index in [4.69, 9.17) is 9.47 Å². The summed E-state index contributed by atoms with van der Waals surface area (Å²) in [6.07, 6.45) is 0.219. The van der Waals surface area contributed by atoms with Crippen molar-refractivity contribution in [2.75, 3.05) is 13.2 Å². The Morgan fingerprint density at radius 1 is 1.26 bits per heavy atom. The minimum Gasteiger partial charge on any atom is -0.460 e. The predicted octanol–water partition coefficient (Wildman–Crippen LogP) is 2.24. The molecule has 132 valence electrons. The quantitative estimate of drug-likeness (QED) is 0.457. The molecule has 1 amide bonds. The molecule has 7 nitrogen and oxygen atoms in total. The molecule has 0 bridgehead atoms. The van der Waals surface area contributed by atoms with Crippen LogP contribution in [0.15, 0.2) is 12.2 Å². The molecule has 0 aromatic heterocycles. The molecule has 0 aromatic carbocycles. The van der Waals surface area contributed by atoms with Crippen molar-refractivity contribution in [1.82, 2.24) is 10.4 Å². The maximum atomic E-state index is 11.8. The van der Waals surface area contributed by atoms with E-state index < -0.39 is 23.1 Å². The number of ether oxygens (including phenoxy) is 2. The first-order valence-corrected chi connectivity index (χ1v) is 7.72. The number of piperidine rings is 1. The van der Waals surface area contributed by atoms with Crippen LogP contribution >= 0.6 is 0 Å². The number of alkyl carbamates (subject to hydrolysis) is 1. The lowest BCUT2D eigenvalue weighted by Crippen LogP contribution is -2.61. The fraction of sp³-hybridized carbons (Fsp3) is 0.750. The van der Waals surface area contributed by atoms with Crippen molar-refractivity contribution in [2.45, 2.75) is 64.6 Å². The Hall–Kier alpha value is -1.60. The number of amides is 1. The molecular weight excluding hydrogens is 300 g/mol. The first-order valence-electron chi connectivity index (χ1n) is 7.72. The van der Waals surface area contributed by atoms with Crippen LogP contribution in [0.3, 0.4) is 0 Å². The van der Waals surface area contributed by atoms with Gasteiger partial charge in [-0.25, -0.2) is 9.59 Å². The number of hydroxylamine groups is 2. The number of esters is 1. The Labute approximate surface area is 137 Å². The number of hydrogen-bond acceptors (Lipinski definition) is 6. The summed E-state index contributed by atoms with van der Waals surface area (Å²) in [7, 11) is 0. The highest BCUT2D eigenvalue weighted by Crippen LogP contribution is 2.37. The van der Waals surface area contributed by atoms with Crippen LogP contribution in [0.5, 0.6) is 0 Å². The largest absolute Gasteiger partial charge is 0.460 e. The van der Waals surface area contributed by atoms with Gasteiger partial charge < -0.3 is 20.0 Å². The molecule has 0 spiro atoms. The Morgan fingerprint density at radius 3 is 2.26 bits per heavy atom. The van der Waals surface area contributed by atoms with Crippen molar-refractivity contribution in [3.63, 3.8) is 0 Å². The van der Waals surface area contributed by atoms with Crippen molar-refractivity contribution >= 4 is 12.1 Å². The summed E-state index contributed by atoms with van der Waals surface area (Å²) in [4.78, 5) is 23.0. The van der Waals surface area contributed by atoms with Gasteiger partial charge in [-0.1, -0.05) is 6.58 Å². The fourth-order valence-corrected chi connectivity index (χ4v) is 2.88. The zero-order valence-electron chi connectivity index (χ0n) is 14.6. The van der Waals surface area contributed by atoms with Gasteiger partial charge in [0.2, 0.25) is 0 Å². The maximum Gasteiger partial charge on any atom is 0.407 e. The van der Waals surface area contributed by atoms with Crippen molar-refractivity contribution < 1.29 is 24.3 Å². The van der Waals surface area contributed by atoms with Crippen LogP contribution in [0.2, 0.25) is 0 Å². The Kier molecular flexibility index (Phi) is 6.18. The lowest BCUT2D eigenvalue weighted by Gasteiger charge is -2.50. The standard InChI is InChI=1S/C16H28N2O5/c1-11(2)13(19)22-8-7-17-14(20)23-12-9-15(3,4)18(21)16(5,6)10-12/h12,21H,1,7-10H2,2-6H3,(H,17,20). The topological polar surface area (TPSA) is 88.1 Å². The minimum absolute atomic E-state index is 0.0624. The van der Waals surface area contributed by atoms with E-state index in [2.05, 4.69) is 11.9 Å². The van der Waals surface area contributed by atoms with Gasteiger partial charge in [-0.05, 0) is 34.6 Å². The molecule has 2 N–H and O–H groups in total. The molecule has 0 saturated carbocycles. The van der Waals surface area contributed by atoms with E-state index >= 15 is 0 Å². The molecule has 0 unspecified atom stereocenters. The average molecular weight is 328 g/mol. The van der Waals surface area contributed by atoms with E-state index in [9.17, 15) is 14.8 Å². The Balaban J connectivity index is 2.40. The van der Waals surface area contributed by atoms with Gasteiger partial charge in [0.25, 0.3) is 0 Å². The highest BCUT2D eigenvalue weighted by molar-refractivity contribution is 5.86. The summed E-state index contributed by atoms with van der Waals surface area (Å²) in [6, 6.07) is 0. The van der Waals surface area contributed by atoms with E-state index in [0.29, 0.717) is 18.4 Å². The lowest BCUT2D eigenvalue weighted by atomic mass is 9.80. The molecule has 1 saturated heterocycles. The highest BCUT2D eigenvalue weighted by Gasteiger charge is 2.46. The van der Waals surface area contributed by atoms with Gasteiger partial charge in [-0.15, -0.1) is 0 Å². The van der Waals surface area contributed by atoms with Gasteiger partial charge >= 0.3 is 12.1 Å². The normalized spacial score (nSPS) is 20.6. The number of rotatable bonds is 5. The third-order valence-corrected chi connectivity index (χ3v) is 3.83. The summed E-state index contributed by atoms with van der Waals surface area (Å²) in [5.41, 5.74) is -0.652. The Morgan fingerprint density at radius 2 is 1.78 bits per heavy atom. The summed E-state index contributed by atoms with van der Waals surface area (Å²) >= 11 is 0. The molecule has 0 aliphatic carbocycles. The second kappa shape index (κ2) is 7.31. The number of hydrogen-bond donors (Lipinski definition) is 2. The second-order valence-electron chi connectivity index (χ2n) is 7.22. The van der Waals surface area contributed by atoms with E-state index in [1.54, 1.807) is 6.92 Å². The van der Waals surface area contributed by atoms with Gasteiger partial charge in [0.15, 0.2) is 0 Å². The van der Waals surface area contributed by atoms with Crippen LogP contribution in [-0.4, -0.2) is 52.7 Å². The molecule has 7 heteroatoms. The minimum atomic E-state index is -0.556. The van der Waals surface area contributed by atoms with Crippen LogP contribution in [-0.2, 0) is 14.3 Å². The molecule has 1 rings (SSSR count).